The van der Waals surface area contributed by atoms with Crippen LogP contribution in [0.5, 0.6) is 5.75 Å². The number of rotatable bonds is 7. The van der Waals surface area contributed by atoms with Crippen LogP contribution in [0.15, 0.2) is 30.9 Å². The van der Waals surface area contributed by atoms with Crippen LogP contribution in [0.4, 0.5) is 4.79 Å². The molecule has 6 nitrogen and oxygen atoms in total. The zero-order valence-corrected chi connectivity index (χ0v) is 11.2. The van der Waals surface area contributed by atoms with E-state index in [0.29, 0.717) is 24.3 Å². The molecule has 0 aromatic heterocycles. The summed E-state index contributed by atoms with van der Waals surface area (Å²) in [5, 5.41) is 11.5. The Bertz CT molecular complexity index is 498. The first-order valence-corrected chi connectivity index (χ1v) is 6.00. The molecule has 6 heteroatoms. The van der Waals surface area contributed by atoms with Crippen LogP contribution in [-0.4, -0.2) is 37.4 Å². The van der Waals surface area contributed by atoms with E-state index in [-0.39, 0.29) is 12.2 Å². The summed E-state index contributed by atoms with van der Waals surface area (Å²) in [6.07, 6.45) is 1.37. The average molecular weight is 279 g/mol. The molecule has 0 saturated heterocycles. The van der Waals surface area contributed by atoms with Crippen molar-refractivity contribution in [3.63, 3.8) is 0 Å². The fourth-order valence-electron chi connectivity index (χ4n) is 1.59. The van der Waals surface area contributed by atoms with Crippen LogP contribution in [0, 0.1) is 0 Å². The lowest BCUT2D eigenvalue weighted by Crippen LogP contribution is -2.26. The average Bonchev–Trinajstić information content (AvgIpc) is 2.44. The van der Waals surface area contributed by atoms with Crippen LogP contribution in [0.25, 0.3) is 0 Å². The SMILES string of the molecule is C=CCOC(=O)NCCc1cc(C(=O)O)ccc1OC. The Morgan fingerprint density at radius 3 is 2.80 bits per heavy atom. The number of carbonyl (C=O) groups excluding carboxylic acids is 1. The molecule has 108 valence electrons. The summed E-state index contributed by atoms with van der Waals surface area (Å²) >= 11 is 0. The molecule has 1 rings (SSSR count). The number of alkyl carbamates (subject to hydrolysis) is 1. The quantitative estimate of drug-likeness (QED) is 0.744. The number of amides is 1. The monoisotopic (exact) mass is 279 g/mol. The van der Waals surface area contributed by atoms with Gasteiger partial charge in [0.2, 0.25) is 0 Å². The van der Waals surface area contributed by atoms with Crippen molar-refractivity contribution in [2.45, 2.75) is 6.42 Å². The highest BCUT2D eigenvalue weighted by Crippen LogP contribution is 2.20. The van der Waals surface area contributed by atoms with E-state index in [0.717, 1.165) is 0 Å². The molecule has 0 aliphatic carbocycles. The molecular formula is C14H17NO5. The van der Waals surface area contributed by atoms with Gasteiger partial charge in [-0.3, -0.25) is 0 Å². The molecule has 0 heterocycles. The van der Waals surface area contributed by atoms with Crippen LogP contribution in [0.3, 0.4) is 0 Å². The smallest absolute Gasteiger partial charge is 0.407 e. The Labute approximate surface area is 117 Å². The molecule has 20 heavy (non-hydrogen) atoms. The number of nitrogens with one attached hydrogen (secondary N) is 1. The van der Waals surface area contributed by atoms with Crippen LogP contribution in [0.2, 0.25) is 0 Å². The minimum atomic E-state index is -1.01. The van der Waals surface area contributed by atoms with Gasteiger partial charge >= 0.3 is 12.1 Å². The second-order valence-electron chi connectivity index (χ2n) is 3.90. The molecule has 0 saturated carbocycles. The first kappa shape index (κ1) is 15.6. The summed E-state index contributed by atoms with van der Waals surface area (Å²) in [5.74, 6) is -0.427. The molecule has 2 N–H and O–H groups in total. The first-order valence-electron chi connectivity index (χ1n) is 6.00. The van der Waals surface area contributed by atoms with E-state index >= 15 is 0 Å². The van der Waals surface area contributed by atoms with Crippen molar-refractivity contribution in [2.24, 2.45) is 0 Å². The topological polar surface area (TPSA) is 84.9 Å². The van der Waals surface area contributed by atoms with Gasteiger partial charge in [-0.1, -0.05) is 12.7 Å². The van der Waals surface area contributed by atoms with Gasteiger partial charge in [-0.25, -0.2) is 9.59 Å². The van der Waals surface area contributed by atoms with Crippen molar-refractivity contribution >= 4 is 12.1 Å². The lowest BCUT2D eigenvalue weighted by atomic mass is 10.1. The third-order valence-corrected chi connectivity index (χ3v) is 2.52. The summed E-state index contributed by atoms with van der Waals surface area (Å²) in [7, 11) is 1.51. The standard InChI is InChI=1S/C14H17NO5/c1-3-8-20-14(18)15-7-6-10-9-11(13(16)17)4-5-12(10)19-2/h3-5,9H,1,6-8H2,2H3,(H,15,18)(H,16,17). The Hall–Kier alpha value is -2.50. The Kier molecular flexibility index (Phi) is 6.09. The zero-order valence-electron chi connectivity index (χ0n) is 11.2. The van der Waals surface area contributed by atoms with Crippen molar-refractivity contribution in [1.29, 1.82) is 0 Å². The predicted octanol–water partition coefficient (Wildman–Crippen LogP) is 1.85. The van der Waals surface area contributed by atoms with E-state index in [4.69, 9.17) is 14.6 Å². The highest BCUT2D eigenvalue weighted by atomic mass is 16.5. The number of carbonyl (C=O) groups is 2. The van der Waals surface area contributed by atoms with E-state index in [2.05, 4.69) is 11.9 Å². The third-order valence-electron chi connectivity index (χ3n) is 2.52. The second-order valence-corrected chi connectivity index (χ2v) is 3.90. The Morgan fingerprint density at radius 2 is 2.20 bits per heavy atom. The molecule has 0 spiro atoms. The number of methoxy groups -OCH3 is 1. The van der Waals surface area contributed by atoms with Crippen molar-refractivity contribution in [3.8, 4) is 5.75 Å². The van der Waals surface area contributed by atoms with Crippen molar-refractivity contribution < 1.29 is 24.2 Å². The van der Waals surface area contributed by atoms with Gasteiger partial charge < -0.3 is 19.9 Å². The van der Waals surface area contributed by atoms with Crippen LogP contribution >= 0.6 is 0 Å². The highest BCUT2D eigenvalue weighted by molar-refractivity contribution is 5.88. The lowest BCUT2D eigenvalue weighted by molar-refractivity contribution is 0.0696. The van der Waals surface area contributed by atoms with E-state index < -0.39 is 12.1 Å². The fraction of sp³-hybridized carbons (Fsp3) is 0.286. The summed E-state index contributed by atoms with van der Waals surface area (Å²) < 4.78 is 9.91. The molecule has 0 atom stereocenters. The van der Waals surface area contributed by atoms with Gasteiger partial charge in [0.1, 0.15) is 12.4 Å². The van der Waals surface area contributed by atoms with Gasteiger partial charge in [0.05, 0.1) is 12.7 Å². The van der Waals surface area contributed by atoms with E-state index in [1.54, 1.807) is 6.07 Å². The maximum Gasteiger partial charge on any atom is 0.407 e. The molecule has 1 aromatic rings. The molecule has 0 aliphatic rings. The molecule has 0 radical (unpaired) electrons. The van der Waals surface area contributed by atoms with Gasteiger partial charge in [0.25, 0.3) is 0 Å². The number of ether oxygens (including phenoxy) is 2. The largest absolute Gasteiger partial charge is 0.496 e. The maximum absolute atomic E-state index is 11.2. The minimum Gasteiger partial charge on any atom is -0.496 e. The number of hydrogen-bond acceptors (Lipinski definition) is 4. The number of hydrogen-bond donors (Lipinski definition) is 2. The van der Waals surface area contributed by atoms with Gasteiger partial charge in [-0.15, -0.1) is 0 Å². The summed E-state index contributed by atoms with van der Waals surface area (Å²) in [5.41, 5.74) is 0.881. The third kappa shape index (κ3) is 4.64. The molecule has 0 aliphatic heterocycles. The molecular weight excluding hydrogens is 262 g/mol. The highest BCUT2D eigenvalue weighted by Gasteiger charge is 2.09. The summed E-state index contributed by atoms with van der Waals surface area (Å²) in [6.45, 7) is 3.89. The minimum absolute atomic E-state index is 0.143. The Balaban J connectivity index is 2.61. The number of aromatic carboxylic acids is 1. The lowest BCUT2D eigenvalue weighted by Gasteiger charge is -2.10. The molecule has 0 unspecified atom stereocenters. The van der Waals surface area contributed by atoms with Gasteiger partial charge in [0.15, 0.2) is 0 Å². The molecule has 1 amide bonds. The van der Waals surface area contributed by atoms with Crippen molar-refractivity contribution in [3.05, 3.63) is 42.0 Å². The number of carboxylic acids is 1. The summed E-state index contributed by atoms with van der Waals surface area (Å²) in [4.78, 5) is 22.1. The van der Waals surface area contributed by atoms with Gasteiger partial charge in [-0.05, 0) is 30.2 Å². The van der Waals surface area contributed by atoms with Crippen LogP contribution in [-0.2, 0) is 11.2 Å². The van der Waals surface area contributed by atoms with Crippen molar-refractivity contribution in [1.82, 2.24) is 5.32 Å². The summed E-state index contributed by atoms with van der Waals surface area (Å²) in [6, 6.07) is 4.59. The predicted molar refractivity (Wildman–Crippen MR) is 73.2 cm³/mol. The van der Waals surface area contributed by atoms with Crippen molar-refractivity contribution in [2.75, 3.05) is 20.3 Å². The van der Waals surface area contributed by atoms with E-state index in [1.165, 1.54) is 25.3 Å². The Morgan fingerprint density at radius 1 is 1.45 bits per heavy atom. The maximum atomic E-state index is 11.2. The van der Waals surface area contributed by atoms with Gasteiger partial charge in [0, 0.05) is 6.54 Å². The molecule has 0 fully saturated rings. The van der Waals surface area contributed by atoms with E-state index in [1.807, 2.05) is 0 Å². The van der Waals surface area contributed by atoms with E-state index in [9.17, 15) is 9.59 Å². The number of carboxylic acid groups (broad SMARTS) is 1. The second kappa shape index (κ2) is 7.83. The van der Waals surface area contributed by atoms with Crippen LogP contribution < -0.4 is 10.1 Å². The van der Waals surface area contributed by atoms with Gasteiger partial charge in [-0.2, -0.15) is 0 Å². The van der Waals surface area contributed by atoms with Crippen LogP contribution in [0.1, 0.15) is 15.9 Å². The number of benzene rings is 1. The molecule has 1 aromatic carbocycles. The normalized spacial score (nSPS) is 9.65. The fourth-order valence-corrected chi connectivity index (χ4v) is 1.59. The first-order chi connectivity index (χ1) is 9.58. The molecule has 0 bridgehead atoms. The zero-order chi connectivity index (χ0) is 15.0.